The zero-order valence-corrected chi connectivity index (χ0v) is 13.2. The molecule has 5 nitrogen and oxygen atoms in total. The Bertz CT molecular complexity index is 439. The lowest BCUT2D eigenvalue weighted by molar-refractivity contribution is -0.151. The molecular weight excluding hydrogens is 359 g/mol. The normalized spacial score (nSPS) is 27.2. The first-order valence-electron chi connectivity index (χ1n) is 6.59. The van der Waals surface area contributed by atoms with Crippen LogP contribution in [0.3, 0.4) is 0 Å². The van der Waals surface area contributed by atoms with Crippen LogP contribution in [0.1, 0.15) is 32.6 Å². The van der Waals surface area contributed by atoms with E-state index in [9.17, 15) is 9.90 Å². The van der Waals surface area contributed by atoms with Crippen molar-refractivity contribution in [2.75, 3.05) is 6.61 Å². The number of ether oxygens (including phenoxy) is 1. The summed E-state index contributed by atoms with van der Waals surface area (Å²) >= 11 is 2.19. The molecule has 0 radical (unpaired) electrons. The lowest BCUT2D eigenvalue weighted by Crippen LogP contribution is -2.40. The summed E-state index contributed by atoms with van der Waals surface area (Å²) in [6.07, 6.45) is 6.30. The summed E-state index contributed by atoms with van der Waals surface area (Å²) in [4.78, 5) is 11.6. The van der Waals surface area contributed by atoms with E-state index in [4.69, 9.17) is 4.74 Å². The molecule has 0 saturated heterocycles. The van der Waals surface area contributed by atoms with Crippen LogP contribution in [0.2, 0.25) is 0 Å². The van der Waals surface area contributed by atoms with Crippen LogP contribution in [0.5, 0.6) is 0 Å². The Kier molecular flexibility index (Phi) is 4.83. The van der Waals surface area contributed by atoms with Gasteiger partial charge in [-0.1, -0.05) is 0 Å². The van der Waals surface area contributed by atoms with Crippen molar-refractivity contribution >= 4 is 28.6 Å². The summed E-state index contributed by atoms with van der Waals surface area (Å²) in [7, 11) is 0. The molecule has 1 aliphatic carbocycles. The van der Waals surface area contributed by atoms with E-state index in [0.717, 1.165) is 3.57 Å². The van der Waals surface area contributed by atoms with Crippen LogP contribution in [0.25, 0.3) is 0 Å². The van der Waals surface area contributed by atoms with Crippen molar-refractivity contribution in [3.05, 3.63) is 16.0 Å². The number of rotatable bonds is 4. The van der Waals surface area contributed by atoms with Crippen molar-refractivity contribution in [2.45, 2.75) is 44.8 Å². The molecular formula is C13H19IN2O3. The molecule has 1 N–H and O–H groups in total. The highest BCUT2D eigenvalue weighted by Crippen LogP contribution is 2.33. The molecule has 1 fully saturated rings. The largest absolute Gasteiger partial charge is 0.466 e. The Balaban J connectivity index is 1.89. The predicted molar refractivity (Wildman–Crippen MR) is 78.5 cm³/mol. The van der Waals surface area contributed by atoms with Gasteiger partial charge in [0.15, 0.2) is 0 Å². The van der Waals surface area contributed by atoms with E-state index in [1.54, 1.807) is 10.9 Å². The first kappa shape index (κ1) is 14.8. The lowest BCUT2D eigenvalue weighted by Gasteiger charge is -2.34. The number of hydrogen-bond donors (Lipinski definition) is 1. The second-order valence-electron chi connectivity index (χ2n) is 5.11. The molecule has 1 heterocycles. The van der Waals surface area contributed by atoms with Crippen LogP contribution in [-0.4, -0.2) is 33.1 Å². The summed E-state index contributed by atoms with van der Waals surface area (Å²) in [5, 5.41) is 14.7. The number of carbonyl (C=O) groups is 1. The number of carbonyl (C=O) groups excluding carboxylic acids is 1. The highest BCUT2D eigenvalue weighted by atomic mass is 127. The van der Waals surface area contributed by atoms with Gasteiger partial charge in [-0.15, -0.1) is 0 Å². The van der Waals surface area contributed by atoms with Gasteiger partial charge in [-0.25, -0.2) is 0 Å². The summed E-state index contributed by atoms with van der Waals surface area (Å²) < 4.78 is 7.86. The van der Waals surface area contributed by atoms with E-state index in [1.807, 2.05) is 13.1 Å². The van der Waals surface area contributed by atoms with E-state index < -0.39 is 5.60 Å². The molecule has 2 rings (SSSR count). The van der Waals surface area contributed by atoms with Crippen molar-refractivity contribution in [1.29, 1.82) is 0 Å². The maximum atomic E-state index is 11.6. The van der Waals surface area contributed by atoms with Gasteiger partial charge >= 0.3 is 5.97 Å². The zero-order valence-electron chi connectivity index (χ0n) is 11.0. The molecule has 1 saturated carbocycles. The minimum Gasteiger partial charge on any atom is -0.466 e. The van der Waals surface area contributed by atoms with Crippen LogP contribution >= 0.6 is 22.6 Å². The molecule has 1 aromatic rings. The topological polar surface area (TPSA) is 64.3 Å². The maximum Gasteiger partial charge on any atom is 0.308 e. The Morgan fingerprint density at radius 1 is 1.63 bits per heavy atom. The smallest absolute Gasteiger partial charge is 0.308 e. The molecule has 1 aromatic heterocycles. The number of halogens is 1. The minimum absolute atomic E-state index is 0.0574. The van der Waals surface area contributed by atoms with Crippen LogP contribution in [-0.2, 0) is 16.1 Å². The van der Waals surface area contributed by atoms with E-state index in [-0.39, 0.29) is 11.9 Å². The van der Waals surface area contributed by atoms with Crippen LogP contribution in [0.15, 0.2) is 12.4 Å². The fourth-order valence-corrected chi connectivity index (χ4v) is 2.98. The third-order valence-electron chi connectivity index (χ3n) is 3.59. The maximum absolute atomic E-state index is 11.6. The quantitative estimate of drug-likeness (QED) is 0.643. The van der Waals surface area contributed by atoms with Gasteiger partial charge in [0, 0.05) is 6.20 Å². The van der Waals surface area contributed by atoms with Crippen LogP contribution < -0.4 is 0 Å². The predicted octanol–water partition coefficient (Wildman–Crippen LogP) is 1.97. The number of aliphatic hydroxyl groups is 1. The summed E-state index contributed by atoms with van der Waals surface area (Å²) in [5.41, 5.74) is -0.752. The van der Waals surface area contributed by atoms with Gasteiger partial charge in [0.25, 0.3) is 0 Å². The van der Waals surface area contributed by atoms with E-state index >= 15 is 0 Å². The molecule has 0 spiro atoms. The van der Waals surface area contributed by atoms with E-state index in [1.165, 1.54) is 0 Å². The second kappa shape index (κ2) is 6.21. The Labute approximate surface area is 126 Å². The third kappa shape index (κ3) is 3.92. The number of aromatic nitrogens is 2. The van der Waals surface area contributed by atoms with Gasteiger partial charge in [0.2, 0.25) is 0 Å². The van der Waals surface area contributed by atoms with E-state index in [2.05, 4.69) is 27.7 Å². The molecule has 0 unspecified atom stereocenters. The number of nitrogens with zero attached hydrogens (tertiary/aromatic N) is 2. The van der Waals surface area contributed by atoms with Gasteiger partial charge in [-0.3, -0.25) is 9.48 Å². The molecule has 0 aliphatic heterocycles. The molecule has 0 amide bonds. The van der Waals surface area contributed by atoms with Crippen molar-refractivity contribution in [3.8, 4) is 0 Å². The van der Waals surface area contributed by atoms with Gasteiger partial charge < -0.3 is 9.84 Å². The van der Waals surface area contributed by atoms with Gasteiger partial charge in [0.05, 0.1) is 34.4 Å². The fraction of sp³-hybridized carbons (Fsp3) is 0.692. The molecule has 0 atom stereocenters. The SMILES string of the molecule is CCOC(=O)C1CCC(O)(Cn2cc(I)cn2)CC1. The van der Waals surface area contributed by atoms with Crippen molar-refractivity contribution in [3.63, 3.8) is 0 Å². The zero-order chi connectivity index (χ0) is 13.9. The van der Waals surface area contributed by atoms with Gasteiger partial charge in [0.1, 0.15) is 0 Å². The van der Waals surface area contributed by atoms with Crippen LogP contribution in [0.4, 0.5) is 0 Å². The van der Waals surface area contributed by atoms with Crippen molar-refractivity contribution < 1.29 is 14.6 Å². The summed E-state index contributed by atoms with van der Waals surface area (Å²) in [6.45, 7) is 2.73. The number of hydrogen-bond acceptors (Lipinski definition) is 4. The van der Waals surface area contributed by atoms with Crippen LogP contribution in [0, 0.1) is 9.49 Å². The molecule has 0 bridgehead atoms. The Hall–Kier alpha value is -0.630. The van der Waals surface area contributed by atoms with E-state index in [0.29, 0.717) is 38.8 Å². The Morgan fingerprint density at radius 2 is 2.32 bits per heavy atom. The average Bonchev–Trinajstić information content (AvgIpc) is 2.75. The molecule has 19 heavy (non-hydrogen) atoms. The molecule has 0 aromatic carbocycles. The Morgan fingerprint density at radius 3 is 2.84 bits per heavy atom. The average molecular weight is 378 g/mol. The summed E-state index contributed by atoms with van der Waals surface area (Å²) in [5.74, 6) is -0.184. The standard InChI is InChI=1S/C13H19IN2O3/c1-2-19-12(17)10-3-5-13(18,6-4-10)9-16-8-11(14)7-15-16/h7-8,10,18H,2-6,9H2,1H3. The van der Waals surface area contributed by atoms with Gasteiger partial charge in [-0.05, 0) is 55.2 Å². The van der Waals surface area contributed by atoms with Crippen molar-refractivity contribution in [2.24, 2.45) is 5.92 Å². The summed E-state index contributed by atoms with van der Waals surface area (Å²) in [6, 6.07) is 0. The highest BCUT2D eigenvalue weighted by Gasteiger charge is 2.36. The lowest BCUT2D eigenvalue weighted by atomic mass is 9.79. The third-order valence-corrected chi connectivity index (χ3v) is 4.15. The van der Waals surface area contributed by atoms with Crippen molar-refractivity contribution in [1.82, 2.24) is 9.78 Å². The highest BCUT2D eigenvalue weighted by molar-refractivity contribution is 14.1. The molecule has 1 aliphatic rings. The second-order valence-corrected chi connectivity index (χ2v) is 6.35. The number of esters is 1. The monoisotopic (exact) mass is 378 g/mol. The first-order valence-corrected chi connectivity index (χ1v) is 7.67. The first-order chi connectivity index (χ1) is 9.02. The molecule has 106 valence electrons. The minimum atomic E-state index is -0.752. The van der Waals surface area contributed by atoms with Gasteiger partial charge in [-0.2, -0.15) is 5.10 Å². The molecule has 6 heteroatoms. The fourth-order valence-electron chi connectivity index (χ4n) is 2.54.